The molecule has 0 aromatic heterocycles. The number of carboxylic acid groups (broad SMARTS) is 1. The van der Waals surface area contributed by atoms with Gasteiger partial charge in [-0.1, -0.05) is 17.7 Å². The lowest BCUT2D eigenvalue weighted by Crippen LogP contribution is -2.40. The first kappa shape index (κ1) is 23.3. The summed E-state index contributed by atoms with van der Waals surface area (Å²) < 4.78 is 15.5. The fourth-order valence-corrected chi connectivity index (χ4v) is 3.07. The van der Waals surface area contributed by atoms with Crippen LogP contribution >= 0.6 is 11.6 Å². The maximum absolute atomic E-state index is 12.3. The van der Waals surface area contributed by atoms with E-state index in [1.165, 1.54) is 7.11 Å². The van der Waals surface area contributed by atoms with Gasteiger partial charge in [0.15, 0.2) is 11.5 Å². The molecule has 2 rings (SSSR count). The van der Waals surface area contributed by atoms with E-state index in [0.717, 1.165) is 5.56 Å². The number of benzene rings is 2. The van der Waals surface area contributed by atoms with Crippen LogP contribution in [-0.2, 0) is 16.0 Å². The summed E-state index contributed by atoms with van der Waals surface area (Å²) in [5.74, 6) is 0.151. The zero-order valence-corrected chi connectivity index (χ0v) is 17.8. The highest BCUT2D eigenvalue weighted by atomic mass is 35.5. The average Bonchev–Trinajstić information content (AvgIpc) is 2.72. The van der Waals surface area contributed by atoms with E-state index in [2.05, 4.69) is 10.6 Å². The maximum Gasteiger partial charge on any atom is 0.321 e. The van der Waals surface area contributed by atoms with Gasteiger partial charge >= 0.3 is 5.97 Å². The lowest BCUT2D eigenvalue weighted by molar-refractivity contribution is -0.141. The number of halogens is 1. The number of carbonyl (C=O) groups excluding carboxylic acids is 1. The summed E-state index contributed by atoms with van der Waals surface area (Å²) in [5, 5.41) is 15.3. The van der Waals surface area contributed by atoms with Gasteiger partial charge in [0.1, 0.15) is 11.8 Å². The van der Waals surface area contributed by atoms with Gasteiger partial charge < -0.3 is 30.0 Å². The third-order valence-electron chi connectivity index (χ3n) is 4.38. The van der Waals surface area contributed by atoms with Crippen molar-refractivity contribution in [3.63, 3.8) is 0 Å². The van der Waals surface area contributed by atoms with Crippen LogP contribution in [0.1, 0.15) is 12.0 Å². The lowest BCUT2D eigenvalue weighted by atomic mass is 10.1. The molecular formula is C21H25ClN2O6. The summed E-state index contributed by atoms with van der Waals surface area (Å²) in [7, 11) is 4.60. The Hall–Kier alpha value is -2.97. The Morgan fingerprint density at radius 2 is 1.67 bits per heavy atom. The largest absolute Gasteiger partial charge is 0.495 e. The van der Waals surface area contributed by atoms with Crippen LogP contribution in [0.2, 0.25) is 5.02 Å². The number of anilines is 1. The highest BCUT2D eigenvalue weighted by molar-refractivity contribution is 6.32. The van der Waals surface area contributed by atoms with Crippen molar-refractivity contribution >= 4 is 29.2 Å². The highest BCUT2D eigenvalue weighted by Gasteiger charge is 2.21. The van der Waals surface area contributed by atoms with Crippen molar-refractivity contribution in [2.75, 3.05) is 33.2 Å². The summed E-state index contributed by atoms with van der Waals surface area (Å²) >= 11 is 6.04. The minimum absolute atomic E-state index is 0.231. The number of methoxy groups -OCH3 is 3. The number of carbonyl (C=O) groups is 2. The number of amides is 1. The first-order valence-electron chi connectivity index (χ1n) is 9.18. The van der Waals surface area contributed by atoms with Crippen molar-refractivity contribution < 1.29 is 28.9 Å². The van der Waals surface area contributed by atoms with Crippen LogP contribution in [0.3, 0.4) is 0 Å². The Bertz CT molecular complexity index is 890. The van der Waals surface area contributed by atoms with Gasteiger partial charge in [-0.15, -0.1) is 0 Å². The average molecular weight is 437 g/mol. The number of carboxylic acids is 1. The third-order valence-corrected chi connectivity index (χ3v) is 4.67. The van der Waals surface area contributed by atoms with E-state index in [-0.39, 0.29) is 6.42 Å². The van der Waals surface area contributed by atoms with Crippen LogP contribution < -0.4 is 24.8 Å². The Kier molecular flexibility index (Phi) is 8.76. The second-order valence-corrected chi connectivity index (χ2v) is 6.79. The summed E-state index contributed by atoms with van der Waals surface area (Å²) in [6.07, 6.45) is 0.324. The van der Waals surface area contributed by atoms with Crippen molar-refractivity contribution in [2.45, 2.75) is 18.9 Å². The Morgan fingerprint density at radius 1 is 1.00 bits per heavy atom. The number of hydrogen-bond donors (Lipinski definition) is 3. The smallest absolute Gasteiger partial charge is 0.321 e. The third kappa shape index (κ3) is 6.53. The number of hydrogen-bond acceptors (Lipinski definition) is 6. The molecule has 0 spiro atoms. The molecule has 0 radical (unpaired) electrons. The molecule has 1 unspecified atom stereocenters. The fourth-order valence-electron chi connectivity index (χ4n) is 2.82. The quantitative estimate of drug-likeness (QED) is 0.497. The van der Waals surface area contributed by atoms with Crippen molar-refractivity contribution in [3.05, 3.63) is 47.0 Å². The second-order valence-electron chi connectivity index (χ2n) is 6.39. The Labute approximate surface area is 180 Å². The molecule has 1 amide bonds. The predicted octanol–water partition coefficient (Wildman–Crippen LogP) is 2.98. The van der Waals surface area contributed by atoms with Crippen molar-refractivity contribution in [3.8, 4) is 17.2 Å². The summed E-state index contributed by atoms with van der Waals surface area (Å²) in [6, 6.07) is 9.25. The fraction of sp³-hybridized carbons (Fsp3) is 0.333. The van der Waals surface area contributed by atoms with E-state index in [1.54, 1.807) is 38.5 Å². The number of nitrogens with one attached hydrogen (secondary N) is 2. The molecule has 30 heavy (non-hydrogen) atoms. The first-order chi connectivity index (χ1) is 14.4. The molecule has 1 atom stereocenters. The van der Waals surface area contributed by atoms with E-state index in [0.29, 0.717) is 40.9 Å². The Balaban J connectivity index is 1.90. The van der Waals surface area contributed by atoms with Gasteiger partial charge in [0.2, 0.25) is 5.91 Å². The van der Waals surface area contributed by atoms with Gasteiger partial charge in [0.25, 0.3) is 0 Å². The molecule has 2 aromatic carbocycles. The molecule has 2 aromatic rings. The first-order valence-corrected chi connectivity index (χ1v) is 9.56. The minimum atomic E-state index is -1.11. The highest BCUT2D eigenvalue weighted by Crippen LogP contribution is 2.28. The molecule has 0 saturated carbocycles. The second kappa shape index (κ2) is 11.3. The molecule has 162 valence electrons. The summed E-state index contributed by atoms with van der Waals surface area (Å²) in [4.78, 5) is 23.8. The van der Waals surface area contributed by atoms with E-state index in [9.17, 15) is 14.7 Å². The lowest BCUT2D eigenvalue weighted by Gasteiger charge is -2.15. The van der Waals surface area contributed by atoms with Gasteiger partial charge in [0, 0.05) is 5.69 Å². The molecule has 8 nitrogen and oxygen atoms in total. The molecule has 0 heterocycles. The standard InChI is InChI=1S/C21H25ClN2O6/c1-28-17-7-5-14(11-15(17)22)24-20(25)12-16(21(26)27)23-9-8-13-4-6-18(29-2)19(10-13)30-3/h4-7,10-11,16,23H,8-9,12H2,1-3H3,(H,24,25)(H,26,27). The van der Waals surface area contributed by atoms with E-state index in [1.807, 2.05) is 12.1 Å². The molecule has 0 saturated heterocycles. The molecule has 0 aliphatic carbocycles. The van der Waals surface area contributed by atoms with Crippen molar-refractivity contribution in [1.82, 2.24) is 5.32 Å². The number of ether oxygens (including phenoxy) is 3. The Morgan fingerprint density at radius 3 is 2.27 bits per heavy atom. The zero-order chi connectivity index (χ0) is 22.1. The molecule has 9 heteroatoms. The van der Waals surface area contributed by atoms with Crippen LogP contribution in [0.25, 0.3) is 0 Å². The van der Waals surface area contributed by atoms with E-state index < -0.39 is 17.9 Å². The molecule has 3 N–H and O–H groups in total. The molecule has 0 fully saturated rings. The van der Waals surface area contributed by atoms with Gasteiger partial charge in [0.05, 0.1) is 32.8 Å². The SMILES string of the molecule is COc1ccc(NC(=O)CC(NCCc2ccc(OC)c(OC)c2)C(=O)O)cc1Cl. The van der Waals surface area contributed by atoms with Crippen LogP contribution in [0.15, 0.2) is 36.4 Å². The predicted molar refractivity (Wildman–Crippen MR) is 114 cm³/mol. The molecular weight excluding hydrogens is 412 g/mol. The number of rotatable bonds is 11. The van der Waals surface area contributed by atoms with Crippen LogP contribution in [0.4, 0.5) is 5.69 Å². The molecule has 0 aliphatic heterocycles. The molecule has 0 aliphatic rings. The van der Waals surface area contributed by atoms with Crippen molar-refractivity contribution in [1.29, 1.82) is 0 Å². The summed E-state index contributed by atoms with van der Waals surface area (Å²) in [5.41, 5.74) is 1.40. The van der Waals surface area contributed by atoms with Crippen LogP contribution in [0.5, 0.6) is 17.2 Å². The van der Waals surface area contributed by atoms with Gasteiger partial charge in [-0.3, -0.25) is 9.59 Å². The molecule has 0 bridgehead atoms. The van der Waals surface area contributed by atoms with Gasteiger partial charge in [-0.05, 0) is 48.9 Å². The maximum atomic E-state index is 12.3. The zero-order valence-electron chi connectivity index (χ0n) is 17.0. The van der Waals surface area contributed by atoms with E-state index in [4.69, 9.17) is 25.8 Å². The topological polar surface area (TPSA) is 106 Å². The normalized spacial score (nSPS) is 11.5. The van der Waals surface area contributed by atoms with Crippen molar-refractivity contribution in [2.24, 2.45) is 0 Å². The number of aliphatic carboxylic acids is 1. The minimum Gasteiger partial charge on any atom is -0.495 e. The monoisotopic (exact) mass is 436 g/mol. The van der Waals surface area contributed by atoms with Crippen LogP contribution in [-0.4, -0.2) is 50.9 Å². The van der Waals surface area contributed by atoms with E-state index >= 15 is 0 Å². The summed E-state index contributed by atoms with van der Waals surface area (Å²) in [6.45, 7) is 0.369. The van der Waals surface area contributed by atoms with Gasteiger partial charge in [-0.2, -0.15) is 0 Å². The van der Waals surface area contributed by atoms with Crippen LogP contribution in [0, 0.1) is 0 Å². The van der Waals surface area contributed by atoms with Gasteiger partial charge in [-0.25, -0.2) is 0 Å².